The minimum Gasteiger partial charge on any atom is -0.387 e. The second-order valence-electron chi connectivity index (χ2n) is 7.48. The van der Waals surface area contributed by atoms with E-state index < -0.39 is 5.60 Å². The molecular formula is C21H25FN2O2. The second-order valence-corrected chi connectivity index (χ2v) is 7.48. The highest BCUT2D eigenvalue weighted by molar-refractivity contribution is 5.95. The number of hydrogen-bond acceptors (Lipinski definition) is 3. The molecule has 1 unspecified atom stereocenters. The first-order valence-electron chi connectivity index (χ1n) is 8.80. The smallest absolute Gasteiger partial charge is 0.253 e. The van der Waals surface area contributed by atoms with Crippen molar-refractivity contribution in [2.24, 2.45) is 0 Å². The van der Waals surface area contributed by atoms with Gasteiger partial charge >= 0.3 is 0 Å². The summed E-state index contributed by atoms with van der Waals surface area (Å²) in [4.78, 5) is 16.5. The molecule has 1 N–H and O–H groups in total. The van der Waals surface area contributed by atoms with E-state index in [-0.39, 0.29) is 11.7 Å². The fraction of sp³-hybridized carbons (Fsp3) is 0.381. The van der Waals surface area contributed by atoms with Gasteiger partial charge in [0, 0.05) is 18.7 Å². The second kappa shape index (κ2) is 7.17. The van der Waals surface area contributed by atoms with E-state index >= 15 is 0 Å². The Hall–Kier alpha value is -2.24. The Kier molecular flexibility index (Phi) is 5.12. The van der Waals surface area contributed by atoms with Gasteiger partial charge in [-0.05, 0) is 68.4 Å². The zero-order valence-corrected chi connectivity index (χ0v) is 15.5. The third-order valence-corrected chi connectivity index (χ3v) is 4.83. The lowest BCUT2D eigenvalue weighted by atomic mass is 10.0. The quantitative estimate of drug-likeness (QED) is 0.916. The summed E-state index contributed by atoms with van der Waals surface area (Å²) >= 11 is 0. The molecule has 2 aromatic rings. The summed E-state index contributed by atoms with van der Waals surface area (Å²) in [5.41, 5.74) is 2.06. The fourth-order valence-electron chi connectivity index (χ4n) is 3.59. The number of rotatable bonds is 4. The number of aliphatic hydroxyl groups is 1. The van der Waals surface area contributed by atoms with Crippen LogP contribution in [0.15, 0.2) is 42.5 Å². The van der Waals surface area contributed by atoms with Crippen LogP contribution in [0.4, 0.5) is 4.39 Å². The summed E-state index contributed by atoms with van der Waals surface area (Å²) in [6.45, 7) is 3.14. The molecule has 138 valence electrons. The number of aryl methyl sites for hydroxylation is 1. The van der Waals surface area contributed by atoms with E-state index in [1.807, 2.05) is 37.2 Å². The van der Waals surface area contributed by atoms with Gasteiger partial charge in [0.05, 0.1) is 12.1 Å². The van der Waals surface area contributed by atoms with E-state index in [4.69, 9.17) is 0 Å². The monoisotopic (exact) mass is 356 g/mol. The zero-order chi connectivity index (χ0) is 18.9. The van der Waals surface area contributed by atoms with Gasteiger partial charge in [-0.2, -0.15) is 0 Å². The topological polar surface area (TPSA) is 43.8 Å². The summed E-state index contributed by atoms with van der Waals surface area (Å²) in [7, 11) is 3.83. The van der Waals surface area contributed by atoms with Crippen LogP contribution in [0, 0.1) is 12.7 Å². The van der Waals surface area contributed by atoms with Crippen molar-refractivity contribution in [2.75, 3.05) is 33.7 Å². The number of carbonyl (C=O) groups is 1. The van der Waals surface area contributed by atoms with Crippen LogP contribution in [0.2, 0.25) is 0 Å². The van der Waals surface area contributed by atoms with E-state index in [0.717, 1.165) is 11.1 Å². The Bertz CT molecular complexity index is 821. The number of halogens is 1. The maximum absolute atomic E-state index is 13.5. The molecule has 0 bridgehead atoms. The number of β-amino-alcohol motifs (C(OH)–C–C–N with tert-alkyl or cyclic N) is 1. The van der Waals surface area contributed by atoms with Gasteiger partial charge in [-0.25, -0.2) is 4.39 Å². The van der Waals surface area contributed by atoms with Crippen LogP contribution in [0.3, 0.4) is 0 Å². The summed E-state index contributed by atoms with van der Waals surface area (Å²) in [5.74, 6) is -0.321. The van der Waals surface area contributed by atoms with Gasteiger partial charge in [-0.1, -0.05) is 18.2 Å². The number of likely N-dealkylation sites (N-methyl/N-ethyl adjacent to an activating group) is 1. The van der Waals surface area contributed by atoms with Crippen LogP contribution in [-0.2, 0) is 0 Å². The van der Waals surface area contributed by atoms with Crippen molar-refractivity contribution in [2.45, 2.75) is 18.9 Å². The molecule has 2 aromatic carbocycles. The van der Waals surface area contributed by atoms with Crippen molar-refractivity contribution in [3.63, 3.8) is 0 Å². The van der Waals surface area contributed by atoms with Gasteiger partial charge in [0.15, 0.2) is 0 Å². The summed E-state index contributed by atoms with van der Waals surface area (Å²) in [6.07, 6.45) is 0.577. The number of benzene rings is 2. The third-order valence-electron chi connectivity index (χ3n) is 4.83. The zero-order valence-electron chi connectivity index (χ0n) is 15.5. The largest absolute Gasteiger partial charge is 0.387 e. The average Bonchev–Trinajstić information content (AvgIpc) is 2.97. The van der Waals surface area contributed by atoms with Crippen LogP contribution in [0.25, 0.3) is 11.1 Å². The minimum absolute atomic E-state index is 0.0830. The van der Waals surface area contributed by atoms with Crippen LogP contribution in [-0.4, -0.2) is 60.1 Å². The van der Waals surface area contributed by atoms with Crippen LogP contribution in [0.5, 0.6) is 0 Å². The van der Waals surface area contributed by atoms with Crippen LogP contribution >= 0.6 is 0 Å². The van der Waals surface area contributed by atoms with Crippen molar-refractivity contribution < 1.29 is 14.3 Å². The molecule has 1 aliphatic rings. The number of amides is 1. The lowest BCUT2D eigenvalue weighted by Gasteiger charge is -2.26. The van der Waals surface area contributed by atoms with E-state index in [0.29, 0.717) is 37.2 Å². The molecule has 1 heterocycles. The highest BCUT2D eigenvalue weighted by atomic mass is 19.1. The number of hydrogen-bond donors (Lipinski definition) is 1. The highest BCUT2D eigenvalue weighted by Crippen LogP contribution is 2.26. The van der Waals surface area contributed by atoms with Gasteiger partial charge in [0.25, 0.3) is 5.91 Å². The molecule has 0 spiro atoms. The van der Waals surface area contributed by atoms with Gasteiger partial charge in [-0.3, -0.25) is 4.79 Å². The van der Waals surface area contributed by atoms with Crippen LogP contribution in [0.1, 0.15) is 22.3 Å². The molecule has 0 aliphatic carbocycles. The minimum atomic E-state index is -0.856. The number of carbonyl (C=O) groups excluding carboxylic acids is 1. The Morgan fingerprint density at radius 2 is 1.96 bits per heavy atom. The Labute approximate surface area is 153 Å². The Balaban J connectivity index is 1.80. The van der Waals surface area contributed by atoms with Gasteiger partial charge in [-0.15, -0.1) is 0 Å². The number of likely N-dealkylation sites (tertiary alicyclic amines) is 1. The summed E-state index contributed by atoms with van der Waals surface area (Å²) in [5, 5.41) is 10.6. The molecule has 0 aromatic heterocycles. The van der Waals surface area contributed by atoms with E-state index in [2.05, 4.69) is 0 Å². The van der Waals surface area contributed by atoms with Gasteiger partial charge in [0.2, 0.25) is 0 Å². The molecule has 4 nitrogen and oxygen atoms in total. The molecule has 1 fully saturated rings. The molecule has 3 rings (SSSR count). The molecule has 5 heteroatoms. The maximum atomic E-state index is 13.5. The fourth-order valence-corrected chi connectivity index (χ4v) is 3.59. The lowest BCUT2D eigenvalue weighted by molar-refractivity contribution is 0.0236. The Morgan fingerprint density at radius 3 is 2.65 bits per heavy atom. The Morgan fingerprint density at radius 1 is 1.23 bits per heavy atom. The van der Waals surface area contributed by atoms with Crippen molar-refractivity contribution in [3.05, 3.63) is 59.4 Å². The van der Waals surface area contributed by atoms with Crippen molar-refractivity contribution in [1.82, 2.24) is 9.80 Å². The molecular weight excluding hydrogens is 331 g/mol. The number of nitrogens with zero attached hydrogens (tertiary/aromatic N) is 2. The van der Waals surface area contributed by atoms with Crippen LogP contribution < -0.4 is 0 Å². The highest BCUT2D eigenvalue weighted by Gasteiger charge is 2.38. The molecule has 1 aliphatic heterocycles. The average molecular weight is 356 g/mol. The van der Waals surface area contributed by atoms with Crippen molar-refractivity contribution >= 4 is 5.91 Å². The van der Waals surface area contributed by atoms with Crippen molar-refractivity contribution in [1.29, 1.82) is 0 Å². The molecule has 1 saturated heterocycles. The standard InChI is InChI=1S/C21H25FN2O2/c1-15-11-17(7-8-19(15)22)16-5-4-6-18(12-16)20(25)24-10-9-21(26,14-24)13-23(2)3/h4-8,11-12,26H,9-10,13-14H2,1-3H3. The molecule has 1 atom stereocenters. The van der Waals surface area contributed by atoms with Gasteiger partial charge in [0.1, 0.15) is 5.82 Å². The molecule has 0 radical (unpaired) electrons. The van der Waals surface area contributed by atoms with E-state index in [9.17, 15) is 14.3 Å². The van der Waals surface area contributed by atoms with E-state index in [1.165, 1.54) is 6.07 Å². The first kappa shape index (κ1) is 18.5. The first-order valence-corrected chi connectivity index (χ1v) is 8.80. The SMILES string of the molecule is Cc1cc(-c2cccc(C(=O)N3CCC(O)(CN(C)C)C3)c2)ccc1F. The molecule has 1 amide bonds. The maximum Gasteiger partial charge on any atom is 0.253 e. The normalized spacial score (nSPS) is 20.0. The predicted octanol–water partition coefficient (Wildman–Crippen LogP) is 2.94. The van der Waals surface area contributed by atoms with Gasteiger partial charge < -0.3 is 14.9 Å². The third kappa shape index (κ3) is 3.94. The lowest BCUT2D eigenvalue weighted by Crippen LogP contribution is -2.43. The summed E-state index contributed by atoms with van der Waals surface area (Å²) in [6, 6.07) is 12.3. The molecule has 0 saturated carbocycles. The first-order chi connectivity index (χ1) is 12.3. The predicted molar refractivity (Wildman–Crippen MR) is 101 cm³/mol. The molecule has 26 heavy (non-hydrogen) atoms. The summed E-state index contributed by atoms with van der Waals surface area (Å²) < 4.78 is 13.5. The van der Waals surface area contributed by atoms with Crippen molar-refractivity contribution in [3.8, 4) is 11.1 Å². The van der Waals surface area contributed by atoms with E-state index in [1.54, 1.807) is 30.0 Å².